The second-order valence-electron chi connectivity index (χ2n) is 7.87. The maximum absolute atomic E-state index is 13.2. The number of fused-ring (bicyclic) bond motifs is 2. The van der Waals surface area contributed by atoms with Crippen LogP contribution in [0.3, 0.4) is 0 Å². The molecule has 1 atom stereocenters. The van der Waals surface area contributed by atoms with E-state index in [-0.39, 0.29) is 10.8 Å². The SMILES string of the molecule is CC(C)C(NS(=O)(=O)c1cccc2ccccc12)C(=O)Nc1ccc2ccccc2c1. The number of carbonyl (C=O) groups is 1. The van der Waals surface area contributed by atoms with Gasteiger partial charge in [0.25, 0.3) is 0 Å². The van der Waals surface area contributed by atoms with Crippen molar-refractivity contribution < 1.29 is 13.2 Å². The van der Waals surface area contributed by atoms with Crippen LogP contribution >= 0.6 is 0 Å². The molecule has 0 aliphatic heterocycles. The summed E-state index contributed by atoms with van der Waals surface area (Å²) in [5.41, 5.74) is 0.624. The van der Waals surface area contributed by atoms with E-state index in [1.807, 2.05) is 74.5 Å². The Morgan fingerprint density at radius 1 is 0.774 bits per heavy atom. The third kappa shape index (κ3) is 4.45. The molecule has 4 rings (SSSR count). The van der Waals surface area contributed by atoms with E-state index >= 15 is 0 Å². The van der Waals surface area contributed by atoms with E-state index in [0.717, 1.165) is 16.2 Å². The number of sulfonamides is 1. The average Bonchev–Trinajstić information content (AvgIpc) is 2.76. The number of carbonyl (C=O) groups excluding carboxylic acids is 1. The highest BCUT2D eigenvalue weighted by atomic mass is 32.2. The lowest BCUT2D eigenvalue weighted by atomic mass is 10.0. The van der Waals surface area contributed by atoms with Crippen molar-refractivity contribution in [1.29, 1.82) is 0 Å². The first kappa shape index (κ1) is 21.0. The molecule has 0 aliphatic rings. The molecule has 1 amide bonds. The van der Waals surface area contributed by atoms with E-state index < -0.39 is 22.0 Å². The van der Waals surface area contributed by atoms with Crippen molar-refractivity contribution in [2.75, 3.05) is 5.32 Å². The molecule has 0 aromatic heterocycles. The first-order chi connectivity index (χ1) is 14.8. The summed E-state index contributed by atoms with van der Waals surface area (Å²) in [4.78, 5) is 13.2. The molecule has 1 unspecified atom stereocenters. The van der Waals surface area contributed by atoms with Crippen molar-refractivity contribution in [3.63, 3.8) is 0 Å². The summed E-state index contributed by atoms with van der Waals surface area (Å²) in [5, 5.41) is 6.37. The predicted octanol–water partition coefficient (Wildman–Crippen LogP) is 4.93. The van der Waals surface area contributed by atoms with E-state index in [9.17, 15) is 13.2 Å². The maximum Gasteiger partial charge on any atom is 0.242 e. The lowest BCUT2D eigenvalue weighted by Gasteiger charge is -2.22. The van der Waals surface area contributed by atoms with Crippen LogP contribution < -0.4 is 10.0 Å². The van der Waals surface area contributed by atoms with Crippen molar-refractivity contribution in [3.05, 3.63) is 84.9 Å². The summed E-state index contributed by atoms with van der Waals surface area (Å²) < 4.78 is 29.0. The minimum atomic E-state index is -3.91. The van der Waals surface area contributed by atoms with Crippen LogP contribution in [0.2, 0.25) is 0 Å². The van der Waals surface area contributed by atoms with Crippen LogP contribution in [0.25, 0.3) is 21.5 Å². The quantitative estimate of drug-likeness (QED) is 0.453. The maximum atomic E-state index is 13.2. The van der Waals surface area contributed by atoms with E-state index in [0.29, 0.717) is 11.1 Å². The fourth-order valence-electron chi connectivity index (χ4n) is 3.64. The summed E-state index contributed by atoms with van der Waals surface area (Å²) in [5.74, 6) is -0.640. The lowest BCUT2D eigenvalue weighted by Crippen LogP contribution is -2.47. The number of rotatable bonds is 6. The van der Waals surface area contributed by atoms with Crippen LogP contribution in [0.1, 0.15) is 13.8 Å². The van der Waals surface area contributed by atoms with Crippen LogP contribution in [0.4, 0.5) is 5.69 Å². The summed E-state index contributed by atoms with van der Waals surface area (Å²) in [7, 11) is -3.91. The van der Waals surface area contributed by atoms with E-state index in [4.69, 9.17) is 0 Å². The van der Waals surface area contributed by atoms with Crippen molar-refractivity contribution in [1.82, 2.24) is 4.72 Å². The summed E-state index contributed by atoms with van der Waals surface area (Å²) >= 11 is 0. The molecule has 5 nitrogen and oxygen atoms in total. The number of hydrogen-bond donors (Lipinski definition) is 2. The standard InChI is InChI=1S/C25H24N2O3S/c1-17(2)24(25(28)26-21-15-14-18-8-3-4-10-20(18)16-21)27-31(29,30)23-13-7-11-19-9-5-6-12-22(19)23/h3-17,24,27H,1-2H3,(H,26,28). The Bertz CT molecular complexity index is 1360. The van der Waals surface area contributed by atoms with Gasteiger partial charge in [0.15, 0.2) is 0 Å². The molecule has 6 heteroatoms. The van der Waals surface area contributed by atoms with Gasteiger partial charge in [0.2, 0.25) is 15.9 Å². The average molecular weight is 433 g/mol. The van der Waals surface area contributed by atoms with Gasteiger partial charge in [-0.15, -0.1) is 0 Å². The van der Waals surface area contributed by atoms with Crippen molar-refractivity contribution >= 4 is 43.2 Å². The van der Waals surface area contributed by atoms with Crippen LogP contribution in [0.15, 0.2) is 89.8 Å². The van der Waals surface area contributed by atoms with Crippen LogP contribution in [0, 0.1) is 5.92 Å². The van der Waals surface area contributed by atoms with Gasteiger partial charge in [-0.3, -0.25) is 4.79 Å². The molecule has 2 N–H and O–H groups in total. The summed E-state index contributed by atoms with van der Waals surface area (Å²) in [6.07, 6.45) is 0. The number of nitrogens with one attached hydrogen (secondary N) is 2. The van der Waals surface area contributed by atoms with Crippen LogP contribution in [-0.2, 0) is 14.8 Å². The van der Waals surface area contributed by atoms with Gasteiger partial charge in [0.1, 0.15) is 6.04 Å². The summed E-state index contributed by atoms with van der Waals surface area (Å²) in [6.45, 7) is 3.63. The molecule has 0 aliphatic carbocycles. The highest BCUT2D eigenvalue weighted by Crippen LogP contribution is 2.24. The molecular formula is C25H24N2O3S. The Balaban J connectivity index is 1.61. The normalized spacial score (nSPS) is 12.9. The van der Waals surface area contributed by atoms with E-state index in [2.05, 4.69) is 10.0 Å². The van der Waals surface area contributed by atoms with Gasteiger partial charge in [0, 0.05) is 11.1 Å². The smallest absolute Gasteiger partial charge is 0.242 e. The molecular weight excluding hydrogens is 408 g/mol. The molecule has 158 valence electrons. The van der Waals surface area contributed by atoms with Gasteiger partial charge in [0.05, 0.1) is 4.90 Å². The lowest BCUT2D eigenvalue weighted by molar-refractivity contribution is -0.118. The fraction of sp³-hybridized carbons (Fsp3) is 0.160. The van der Waals surface area contributed by atoms with Crippen LogP contribution in [-0.4, -0.2) is 20.4 Å². The van der Waals surface area contributed by atoms with Gasteiger partial charge >= 0.3 is 0 Å². The monoisotopic (exact) mass is 432 g/mol. The highest BCUT2D eigenvalue weighted by Gasteiger charge is 2.29. The number of hydrogen-bond acceptors (Lipinski definition) is 3. The Kier molecular flexibility index (Phi) is 5.76. The molecule has 4 aromatic carbocycles. The molecule has 0 radical (unpaired) electrons. The minimum Gasteiger partial charge on any atom is -0.325 e. The molecule has 31 heavy (non-hydrogen) atoms. The predicted molar refractivity (Wildman–Crippen MR) is 125 cm³/mol. The topological polar surface area (TPSA) is 75.3 Å². The van der Waals surface area contributed by atoms with Crippen molar-refractivity contribution in [2.24, 2.45) is 5.92 Å². The largest absolute Gasteiger partial charge is 0.325 e. The first-order valence-corrected chi connectivity index (χ1v) is 11.6. The second-order valence-corrected chi connectivity index (χ2v) is 9.55. The third-order valence-corrected chi connectivity index (χ3v) is 6.79. The number of amides is 1. The van der Waals surface area contributed by atoms with E-state index in [1.54, 1.807) is 24.3 Å². The second kappa shape index (κ2) is 8.49. The molecule has 0 spiro atoms. The van der Waals surface area contributed by atoms with Gasteiger partial charge in [-0.1, -0.05) is 80.6 Å². The number of anilines is 1. The van der Waals surface area contributed by atoms with Crippen molar-refractivity contribution in [3.8, 4) is 0 Å². The highest BCUT2D eigenvalue weighted by molar-refractivity contribution is 7.89. The van der Waals surface area contributed by atoms with Gasteiger partial charge in [-0.05, 0) is 40.3 Å². The molecule has 4 aromatic rings. The molecule has 0 heterocycles. The minimum absolute atomic E-state index is 0.162. The summed E-state index contributed by atoms with van der Waals surface area (Å²) in [6, 6.07) is 25.0. The molecule has 0 saturated carbocycles. The number of benzene rings is 4. The molecule has 0 bridgehead atoms. The van der Waals surface area contributed by atoms with E-state index in [1.165, 1.54) is 0 Å². The van der Waals surface area contributed by atoms with Gasteiger partial charge in [-0.2, -0.15) is 4.72 Å². The third-order valence-electron chi connectivity index (χ3n) is 5.29. The molecule has 0 saturated heterocycles. The van der Waals surface area contributed by atoms with Gasteiger partial charge in [-0.25, -0.2) is 8.42 Å². The fourth-order valence-corrected chi connectivity index (χ4v) is 5.21. The first-order valence-electron chi connectivity index (χ1n) is 10.1. The Morgan fingerprint density at radius 3 is 2.16 bits per heavy atom. The zero-order valence-electron chi connectivity index (χ0n) is 17.4. The Hall–Kier alpha value is -3.22. The zero-order valence-corrected chi connectivity index (χ0v) is 18.2. The molecule has 0 fully saturated rings. The Morgan fingerprint density at radius 2 is 1.42 bits per heavy atom. The van der Waals surface area contributed by atoms with Crippen LogP contribution in [0.5, 0.6) is 0 Å². The van der Waals surface area contributed by atoms with Gasteiger partial charge < -0.3 is 5.32 Å². The zero-order chi connectivity index (χ0) is 22.0. The Labute approximate surface area is 182 Å². The van der Waals surface area contributed by atoms with Crippen molar-refractivity contribution in [2.45, 2.75) is 24.8 Å².